The van der Waals surface area contributed by atoms with E-state index in [1.54, 1.807) is 37.4 Å². The number of H-pyrrole nitrogens is 1. The fourth-order valence-electron chi connectivity index (χ4n) is 3.82. The minimum Gasteiger partial charge on any atom is -0.454 e. The molecule has 0 saturated heterocycles. The summed E-state index contributed by atoms with van der Waals surface area (Å²) in [7, 11) is -3.92. The van der Waals surface area contributed by atoms with Crippen molar-refractivity contribution in [2.75, 3.05) is 0 Å². The zero-order valence-electron chi connectivity index (χ0n) is 18.2. The zero-order valence-corrected chi connectivity index (χ0v) is 19.0. The highest BCUT2D eigenvalue weighted by Gasteiger charge is 2.23. The van der Waals surface area contributed by atoms with Crippen LogP contribution in [0.5, 0.6) is 11.5 Å². The van der Waals surface area contributed by atoms with Gasteiger partial charge >= 0.3 is 0 Å². The quantitative estimate of drug-likeness (QED) is 0.338. The average Bonchev–Trinajstić information content (AvgIpc) is 3.48. The van der Waals surface area contributed by atoms with E-state index in [9.17, 15) is 12.8 Å². The third-order valence-electron chi connectivity index (χ3n) is 5.63. The van der Waals surface area contributed by atoms with Crippen molar-refractivity contribution in [1.29, 1.82) is 0 Å². The zero-order chi connectivity index (χ0) is 24.0. The van der Waals surface area contributed by atoms with E-state index in [0.29, 0.717) is 16.6 Å². The Bertz CT molecular complexity index is 1620. The number of benzene rings is 3. The molecule has 0 saturated carbocycles. The summed E-state index contributed by atoms with van der Waals surface area (Å²) in [6.45, 7) is 3.50. The van der Waals surface area contributed by atoms with Crippen molar-refractivity contribution in [3.05, 3.63) is 95.8 Å². The first-order valence-electron chi connectivity index (χ1n) is 10.4. The van der Waals surface area contributed by atoms with Crippen LogP contribution in [0.3, 0.4) is 0 Å². The molecule has 0 aliphatic carbocycles. The number of aromatic amines is 1. The van der Waals surface area contributed by atoms with Gasteiger partial charge in [-0.25, -0.2) is 21.2 Å². The third kappa shape index (κ3) is 3.63. The fraction of sp³-hybridized carbons (Fsp3) is 0.0800. The standard InChI is InChI=1S/C25H19F2N3O3S/c1-15-3-6-18(7-4-15)34(31,32)30-12-10-19-16(2)25(22(27)14-24(19)30)33-17-5-8-21(26)20(13-17)23-9-11-28-29-23/h3-14H,1-2H3,(H,28,29). The van der Waals surface area contributed by atoms with Crippen molar-refractivity contribution in [3.63, 3.8) is 0 Å². The van der Waals surface area contributed by atoms with Gasteiger partial charge in [-0.3, -0.25) is 5.10 Å². The van der Waals surface area contributed by atoms with E-state index < -0.39 is 21.7 Å². The number of nitrogens with zero attached hydrogens (tertiary/aromatic N) is 2. The molecule has 0 radical (unpaired) electrons. The molecular weight excluding hydrogens is 460 g/mol. The molecule has 0 spiro atoms. The highest BCUT2D eigenvalue weighted by atomic mass is 32.2. The van der Waals surface area contributed by atoms with Gasteiger partial charge in [0.2, 0.25) is 0 Å². The maximum absolute atomic E-state index is 15.2. The Balaban J connectivity index is 1.57. The molecule has 5 rings (SSSR count). The molecular formula is C25H19F2N3O3S. The molecule has 6 nitrogen and oxygen atoms in total. The van der Waals surface area contributed by atoms with Crippen LogP contribution < -0.4 is 4.74 Å². The summed E-state index contributed by atoms with van der Waals surface area (Å²) in [6, 6.07) is 14.8. The van der Waals surface area contributed by atoms with Crippen molar-refractivity contribution < 1.29 is 21.9 Å². The molecule has 2 aromatic heterocycles. The summed E-state index contributed by atoms with van der Waals surface area (Å²) in [4.78, 5) is 0.103. The molecule has 2 heterocycles. The summed E-state index contributed by atoms with van der Waals surface area (Å²) in [6.07, 6.45) is 2.96. The van der Waals surface area contributed by atoms with Gasteiger partial charge in [0.05, 0.1) is 16.1 Å². The minimum atomic E-state index is -3.92. The Hall–Kier alpha value is -3.98. The van der Waals surface area contributed by atoms with Crippen LogP contribution in [0.25, 0.3) is 22.2 Å². The normalized spacial score (nSPS) is 11.8. The van der Waals surface area contributed by atoms with Crippen molar-refractivity contribution >= 4 is 20.9 Å². The number of rotatable bonds is 5. The molecule has 172 valence electrons. The summed E-state index contributed by atoms with van der Waals surface area (Å²) >= 11 is 0. The molecule has 0 amide bonds. The van der Waals surface area contributed by atoms with Gasteiger partial charge in [-0.15, -0.1) is 0 Å². The van der Waals surface area contributed by atoms with Gasteiger partial charge in [0.1, 0.15) is 11.6 Å². The lowest BCUT2D eigenvalue weighted by Crippen LogP contribution is -2.12. The van der Waals surface area contributed by atoms with E-state index in [0.717, 1.165) is 15.6 Å². The lowest BCUT2D eigenvalue weighted by Gasteiger charge is -2.13. The molecule has 9 heteroatoms. The Morgan fingerprint density at radius 2 is 1.71 bits per heavy atom. The number of aromatic nitrogens is 3. The van der Waals surface area contributed by atoms with Crippen LogP contribution in [-0.4, -0.2) is 22.6 Å². The SMILES string of the molecule is Cc1ccc(S(=O)(=O)n2ccc3c(C)c(Oc4ccc(F)c(-c5cc[nH]n5)c4)c(F)cc32)cc1. The lowest BCUT2D eigenvalue weighted by molar-refractivity contribution is 0.439. The molecule has 1 N–H and O–H groups in total. The first-order valence-corrected chi connectivity index (χ1v) is 11.8. The Morgan fingerprint density at radius 1 is 0.941 bits per heavy atom. The van der Waals surface area contributed by atoms with Gasteiger partial charge in [0, 0.05) is 35.0 Å². The van der Waals surface area contributed by atoms with Gasteiger partial charge in [-0.1, -0.05) is 17.7 Å². The molecule has 0 bridgehead atoms. The van der Waals surface area contributed by atoms with Crippen molar-refractivity contribution in [2.24, 2.45) is 0 Å². The minimum absolute atomic E-state index is 0.0717. The summed E-state index contributed by atoms with van der Waals surface area (Å²) < 4.78 is 62.7. The number of hydrogen-bond acceptors (Lipinski definition) is 4. The largest absolute Gasteiger partial charge is 0.454 e. The number of aryl methyl sites for hydroxylation is 2. The van der Waals surface area contributed by atoms with E-state index in [-0.39, 0.29) is 27.5 Å². The highest BCUT2D eigenvalue weighted by Crippen LogP contribution is 2.37. The van der Waals surface area contributed by atoms with Crippen LogP contribution in [0.1, 0.15) is 11.1 Å². The van der Waals surface area contributed by atoms with Gasteiger partial charge < -0.3 is 4.74 Å². The first-order chi connectivity index (χ1) is 16.3. The number of ether oxygens (including phenoxy) is 1. The van der Waals surface area contributed by atoms with E-state index in [1.165, 1.54) is 36.5 Å². The van der Waals surface area contributed by atoms with Crippen molar-refractivity contribution in [1.82, 2.24) is 14.2 Å². The van der Waals surface area contributed by atoms with Gasteiger partial charge in [0.25, 0.3) is 10.0 Å². The Kier molecular flexibility index (Phi) is 5.21. The van der Waals surface area contributed by atoms with E-state index in [1.807, 2.05) is 6.92 Å². The van der Waals surface area contributed by atoms with Gasteiger partial charge in [-0.2, -0.15) is 5.10 Å². The monoisotopic (exact) mass is 479 g/mol. The van der Waals surface area contributed by atoms with Crippen LogP contribution >= 0.6 is 0 Å². The maximum atomic E-state index is 15.2. The fourth-order valence-corrected chi connectivity index (χ4v) is 5.16. The average molecular weight is 480 g/mol. The summed E-state index contributed by atoms with van der Waals surface area (Å²) in [5, 5.41) is 7.11. The van der Waals surface area contributed by atoms with Crippen molar-refractivity contribution in [3.8, 4) is 22.8 Å². The molecule has 3 aromatic carbocycles. The topological polar surface area (TPSA) is 77.0 Å². The number of nitrogens with one attached hydrogen (secondary N) is 1. The molecule has 0 aliphatic heterocycles. The van der Waals surface area contributed by atoms with Gasteiger partial charge in [0.15, 0.2) is 11.6 Å². The smallest absolute Gasteiger partial charge is 0.268 e. The molecule has 0 fully saturated rings. The lowest BCUT2D eigenvalue weighted by atomic mass is 10.1. The van der Waals surface area contributed by atoms with Crippen molar-refractivity contribution in [2.45, 2.75) is 18.7 Å². The second-order valence-electron chi connectivity index (χ2n) is 7.88. The molecule has 0 aliphatic rings. The van der Waals surface area contributed by atoms with E-state index in [4.69, 9.17) is 4.74 Å². The Labute approximate surface area is 194 Å². The number of fused-ring (bicyclic) bond motifs is 1. The summed E-state index contributed by atoms with van der Waals surface area (Å²) in [5.41, 5.74) is 2.12. The Morgan fingerprint density at radius 3 is 2.41 bits per heavy atom. The van der Waals surface area contributed by atoms with Crippen LogP contribution in [0.4, 0.5) is 8.78 Å². The maximum Gasteiger partial charge on any atom is 0.268 e. The molecule has 5 aromatic rings. The molecule has 0 atom stereocenters. The second kappa shape index (κ2) is 8.11. The number of hydrogen-bond donors (Lipinski definition) is 1. The predicted molar refractivity (Wildman–Crippen MR) is 124 cm³/mol. The highest BCUT2D eigenvalue weighted by molar-refractivity contribution is 7.90. The van der Waals surface area contributed by atoms with Crippen LogP contribution in [0.15, 0.2) is 78.0 Å². The predicted octanol–water partition coefficient (Wildman–Crippen LogP) is 5.96. The van der Waals surface area contributed by atoms with Crippen LogP contribution in [0.2, 0.25) is 0 Å². The van der Waals surface area contributed by atoms with Crippen LogP contribution in [0, 0.1) is 25.5 Å². The van der Waals surface area contributed by atoms with E-state index in [2.05, 4.69) is 10.2 Å². The molecule has 0 unspecified atom stereocenters. The van der Waals surface area contributed by atoms with Gasteiger partial charge in [-0.05, 0) is 56.3 Å². The number of halogens is 2. The first kappa shape index (κ1) is 21.8. The third-order valence-corrected chi connectivity index (χ3v) is 7.33. The van der Waals surface area contributed by atoms with E-state index >= 15 is 4.39 Å². The summed E-state index contributed by atoms with van der Waals surface area (Å²) in [5.74, 6) is -1.09. The molecule has 34 heavy (non-hydrogen) atoms. The van der Waals surface area contributed by atoms with Crippen LogP contribution in [-0.2, 0) is 10.0 Å². The second-order valence-corrected chi connectivity index (χ2v) is 9.69.